The summed E-state index contributed by atoms with van der Waals surface area (Å²) in [5, 5.41) is 3.41. The SMILES string of the molecule is CNc1c(-c2ccc3ncn(C)c3c2)c(=O)n(-c2ccccc2)c2nc(C(F)(F)F)ccc12. The van der Waals surface area contributed by atoms with Crippen LogP contribution < -0.4 is 10.9 Å². The molecule has 0 saturated heterocycles. The predicted molar refractivity (Wildman–Crippen MR) is 122 cm³/mol. The molecule has 0 fully saturated rings. The van der Waals surface area contributed by atoms with Crippen LogP contribution in [-0.2, 0) is 13.2 Å². The molecular weight excluding hydrogens is 431 g/mol. The highest BCUT2D eigenvalue weighted by Gasteiger charge is 2.33. The standard InChI is InChI=1S/C24H18F3N5O/c1-28-21-16-9-11-19(24(25,26)27)30-22(16)32(15-6-4-3-5-7-15)23(33)20(21)14-8-10-17-18(12-14)31(2)13-29-17/h3-13,28H,1-2H3. The van der Waals surface area contributed by atoms with Crippen molar-refractivity contribution < 1.29 is 13.2 Å². The summed E-state index contributed by atoms with van der Waals surface area (Å²) in [6.07, 6.45) is -2.96. The molecule has 1 N–H and O–H groups in total. The Balaban J connectivity index is 1.93. The summed E-state index contributed by atoms with van der Waals surface area (Å²) in [5.41, 5.74) is 1.76. The maximum absolute atomic E-state index is 13.9. The number of para-hydroxylation sites is 1. The van der Waals surface area contributed by atoms with Gasteiger partial charge in [0.05, 0.1) is 34.3 Å². The Hall–Kier alpha value is -4.14. The number of benzene rings is 2. The topological polar surface area (TPSA) is 64.7 Å². The number of anilines is 1. The molecule has 3 heterocycles. The second-order valence-electron chi connectivity index (χ2n) is 7.60. The van der Waals surface area contributed by atoms with E-state index in [-0.39, 0.29) is 5.65 Å². The van der Waals surface area contributed by atoms with Crippen LogP contribution in [0, 0.1) is 0 Å². The van der Waals surface area contributed by atoms with Crippen LogP contribution in [0.15, 0.2) is 71.8 Å². The lowest BCUT2D eigenvalue weighted by atomic mass is 10.0. The number of nitrogens with one attached hydrogen (secondary N) is 1. The minimum Gasteiger partial charge on any atom is -0.387 e. The highest BCUT2D eigenvalue weighted by Crippen LogP contribution is 2.36. The van der Waals surface area contributed by atoms with Gasteiger partial charge in [0.2, 0.25) is 0 Å². The first-order chi connectivity index (χ1) is 15.8. The first-order valence-electron chi connectivity index (χ1n) is 10.1. The van der Waals surface area contributed by atoms with E-state index in [2.05, 4.69) is 15.3 Å². The summed E-state index contributed by atoms with van der Waals surface area (Å²) in [6, 6.07) is 16.2. The number of imidazole rings is 1. The predicted octanol–water partition coefficient (Wildman–Crippen LogP) is 5.00. The summed E-state index contributed by atoms with van der Waals surface area (Å²) in [5.74, 6) is 0. The molecule has 0 unspecified atom stereocenters. The fraction of sp³-hybridized carbons (Fsp3) is 0.125. The molecule has 0 aliphatic carbocycles. The molecule has 0 bridgehead atoms. The quantitative estimate of drug-likeness (QED) is 0.421. The van der Waals surface area contributed by atoms with Gasteiger partial charge in [-0.3, -0.25) is 9.36 Å². The van der Waals surface area contributed by atoms with Gasteiger partial charge >= 0.3 is 6.18 Å². The molecule has 0 aliphatic heterocycles. The van der Waals surface area contributed by atoms with Gasteiger partial charge in [-0.2, -0.15) is 13.2 Å². The minimum atomic E-state index is -4.64. The Morgan fingerprint density at radius 3 is 2.45 bits per heavy atom. The molecule has 0 radical (unpaired) electrons. The van der Waals surface area contributed by atoms with Crippen molar-refractivity contribution in [1.29, 1.82) is 0 Å². The molecule has 3 aromatic heterocycles. The van der Waals surface area contributed by atoms with Crippen LogP contribution in [0.25, 0.3) is 38.9 Å². The Morgan fingerprint density at radius 1 is 1.00 bits per heavy atom. The van der Waals surface area contributed by atoms with Gasteiger partial charge in [-0.05, 0) is 42.0 Å². The van der Waals surface area contributed by atoms with E-state index < -0.39 is 17.4 Å². The Labute approximate surface area is 185 Å². The fourth-order valence-electron chi connectivity index (χ4n) is 4.05. The second kappa shape index (κ2) is 7.47. The van der Waals surface area contributed by atoms with E-state index in [4.69, 9.17) is 0 Å². The van der Waals surface area contributed by atoms with Crippen LogP contribution in [0.1, 0.15) is 5.69 Å². The first-order valence-corrected chi connectivity index (χ1v) is 10.1. The van der Waals surface area contributed by atoms with E-state index in [0.29, 0.717) is 27.9 Å². The summed E-state index contributed by atoms with van der Waals surface area (Å²) in [4.78, 5) is 22.0. The van der Waals surface area contributed by atoms with E-state index in [1.54, 1.807) is 49.8 Å². The molecule has 33 heavy (non-hydrogen) atoms. The van der Waals surface area contributed by atoms with Gasteiger partial charge in [0.15, 0.2) is 0 Å². The molecular formula is C24H18F3N5O. The van der Waals surface area contributed by atoms with E-state index in [1.165, 1.54) is 10.6 Å². The second-order valence-corrected chi connectivity index (χ2v) is 7.60. The number of hydrogen-bond acceptors (Lipinski definition) is 4. The summed E-state index contributed by atoms with van der Waals surface area (Å²) >= 11 is 0. The molecule has 0 amide bonds. The zero-order valence-electron chi connectivity index (χ0n) is 17.7. The number of rotatable bonds is 3. The van der Waals surface area contributed by atoms with E-state index in [1.807, 2.05) is 23.7 Å². The summed E-state index contributed by atoms with van der Waals surface area (Å²) in [6.45, 7) is 0. The summed E-state index contributed by atoms with van der Waals surface area (Å²) in [7, 11) is 3.48. The summed E-state index contributed by atoms with van der Waals surface area (Å²) < 4.78 is 43.4. The van der Waals surface area contributed by atoms with Crippen molar-refractivity contribution in [2.24, 2.45) is 7.05 Å². The third kappa shape index (κ3) is 3.32. The third-order valence-corrected chi connectivity index (χ3v) is 5.59. The number of pyridine rings is 2. The molecule has 6 nitrogen and oxygen atoms in total. The van der Waals surface area contributed by atoms with E-state index in [0.717, 1.165) is 17.1 Å². The zero-order chi connectivity index (χ0) is 23.3. The van der Waals surface area contributed by atoms with Crippen molar-refractivity contribution in [2.75, 3.05) is 12.4 Å². The van der Waals surface area contributed by atoms with Crippen molar-refractivity contribution >= 4 is 27.8 Å². The Morgan fingerprint density at radius 2 is 1.76 bits per heavy atom. The van der Waals surface area contributed by atoms with Gasteiger partial charge in [-0.15, -0.1) is 0 Å². The molecule has 5 rings (SSSR count). The molecule has 0 atom stereocenters. The van der Waals surface area contributed by atoms with Gasteiger partial charge in [0.25, 0.3) is 5.56 Å². The molecule has 9 heteroatoms. The average Bonchev–Trinajstić information content (AvgIpc) is 3.18. The van der Waals surface area contributed by atoms with Crippen LogP contribution in [-0.4, -0.2) is 26.1 Å². The minimum absolute atomic E-state index is 0.0734. The van der Waals surface area contributed by atoms with E-state index in [9.17, 15) is 18.0 Å². The lowest BCUT2D eigenvalue weighted by Crippen LogP contribution is -2.24. The number of hydrogen-bond donors (Lipinski definition) is 1. The maximum atomic E-state index is 13.9. The van der Waals surface area contributed by atoms with Crippen molar-refractivity contribution in [1.82, 2.24) is 19.1 Å². The lowest BCUT2D eigenvalue weighted by molar-refractivity contribution is -0.141. The van der Waals surface area contributed by atoms with Crippen molar-refractivity contribution in [2.45, 2.75) is 6.18 Å². The van der Waals surface area contributed by atoms with Crippen LogP contribution in [0.2, 0.25) is 0 Å². The van der Waals surface area contributed by atoms with Gasteiger partial charge in [0, 0.05) is 19.5 Å². The Bertz CT molecular complexity index is 1570. The van der Waals surface area contributed by atoms with Gasteiger partial charge < -0.3 is 9.88 Å². The number of nitrogens with zero attached hydrogens (tertiary/aromatic N) is 4. The van der Waals surface area contributed by atoms with Crippen LogP contribution in [0.3, 0.4) is 0 Å². The molecule has 0 aliphatic rings. The van der Waals surface area contributed by atoms with E-state index >= 15 is 0 Å². The highest BCUT2D eigenvalue weighted by atomic mass is 19.4. The van der Waals surface area contributed by atoms with Crippen LogP contribution in [0.5, 0.6) is 0 Å². The molecule has 2 aromatic carbocycles. The average molecular weight is 449 g/mol. The number of alkyl halides is 3. The number of fused-ring (bicyclic) bond motifs is 2. The Kier molecular flexibility index (Phi) is 4.70. The van der Waals surface area contributed by atoms with Gasteiger partial charge in [-0.1, -0.05) is 24.3 Å². The zero-order valence-corrected chi connectivity index (χ0v) is 17.7. The molecule has 0 spiro atoms. The normalized spacial score (nSPS) is 11.9. The van der Waals surface area contributed by atoms with Gasteiger partial charge in [-0.25, -0.2) is 9.97 Å². The molecule has 5 aromatic rings. The number of aromatic nitrogens is 4. The monoisotopic (exact) mass is 449 g/mol. The third-order valence-electron chi connectivity index (χ3n) is 5.59. The van der Waals surface area contributed by atoms with Crippen molar-refractivity contribution in [3.8, 4) is 16.8 Å². The fourth-order valence-corrected chi connectivity index (χ4v) is 4.05. The van der Waals surface area contributed by atoms with Crippen molar-refractivity contribution in [3.63, 3.8) is 0 Å². The van der Waals surface area contributed by atoms with Crippen LogP contribution >= 0.6 is 0 Å². The van der Waals surface area contributed by atoms with Crippen molar-refractivity contribution in [3.05, 3.63) is 83.0 Å². The van der Waals surface area contributed by atoms with Crippen LogP contribution in [0.4, 0.5) is 18.9 Å². The smallest absolute Gasteiger partial charge is 0.387 e. The highest BCUT2D eigenvalue weighted by molar-refractivity contribution is 6.00. The maximum Gasteiger partial charge on any atom is 0.433 e. The number of halogens is 3. The first kappa shape index (κ1) is 20.7. The lowest BCUT2D eigenvalue weighted by Gasteiger charge is -2.18. The van der Waals surface area contributed by atoms with Gasteiger partial charge in [0.1, 0.15) is 11.3 Å². The largest absolute Gasteiger partial charge is 0.433 e. The number of aryl methyl sites for hydroxylation is 1. The molecule has 166 valence electrons. The molecule has 0 saturated carbocycles.